The maximum Gasteiger partial charge on any atom is 0.230 e. The molecule has 0 aliphatic heterocycles. The van der Waals surface area contributed by atoms with Gasteiger partial charge in [0.05, 0.1) is 5.75 Å². The molecular weight excluding hydrogens is 318 g/mol. The highest BCUT2D eigenvalue weighted by Crippen LogP contribution is 2.43. The average molecular weight is 341 g/mol. The Morgan fingerprint density at radius 1 is 1.17 bits per heavy atom. The number of hydrogen-bond acceptors (Lipinski definition) is 4. The van der Waals surface area contributed by atoms with E-state index < -0.39 is 0 Å². The minimum Gasteiger partial charge on any atom is -0.354 e. The first kappa shape index (κ1) is 17.0. The van der Waals surface area contributed by atoms with E-state index in [2.05, 4.69) is 39.6 Å². The number of carbonyl (C=O) groups excluding carboxylic acids is 1. The SMILES string of the molecule is Cc1cc(C)nc(SCC(=O)NCC2(c3ccccc3)CCC2)n1. The fourth-order valence-electron chi connectivity index (χ4n) is 3.17. The van der Waals surface area contributed by atoms with Gasteiger partial charge in [0.25, 0.3) is 0 Å². The summed E-state index contributed by atoms with van der Waals surface area (Å²) in [5, 5.41) is 3.78. The van der Waals surface area contributed by atoms with Crippen molar-refractivity contribution in [2.45, 2.75) is 43.7 Å². The van der Waals surface area contributed by atoms with Crippen molar-refractivity contribution in [2.24, 2.45) is 0 Å². The first-order valence-electron chi connectivity index (χ1n) is 8.35. The number of nitrogens with one attached hydrogen (secondary N) is 1. The Kier molecular flexibility index (Phi) is 5.19. The Balaban J connectivity index is 1.53. The quantitative estimate of drug-likeness (QED) is 0.646. The number of rotatable bonds is 6. The van der Waals surface area contributed by atoms with E-state index in [0.29, 0.717) is 17.5 Å². The molecule has 126 valence electrons. The highest BCUT2D eigenvalue weighted by molar-refractivity contribution is 7.99. The third-order valence-corrected chi connectivity index (χ3v) is 5.46. The van der Waals surface area contributed by atoms with Gasteiger partial charge in [-0.1, -0.05) is 48.5 Å². The lowest BCUT2D eigenvalue weighted by Gasteiger charge is -2.42. The van der Waals surface area contributed by atoms with E-state index in [-0.39, 0.29) is 11.3 Å². The van der Waals surface area contributed by atoms with Crippen molar-refractivity contribution in [3.8, 4) is 0 Å². The molecule has 0 atom stereocenters. The van der Waals surface area contributed by atoms with E-state index in [9.17, 15) is 4.79 Å². The molecule has 3 rings (SSSR count). The molecule has 0 radical (unpaired) electrons. The van der Waals surface area contributed by atoms with Crippen LogP contribution in [0, 0.1) is 13.8 Å². The van der Waals surface area contributed by atoms with Crippen LogP contribution in [0.2, 0.25) is 0 Å². The van der Waals surface area contributed by atoms with Crippen molar-refractivity contribution >= 4 is 17.7 Å². The van der Waals surface area contributed by atoms with Gasteiger partial charge in [-0.3, -0.25) is 4.79 Å². The Bertz CT molecular complexity index is 694. The van der Waals surface area contributed by atoms with E-state index in [4.69, 9.17) is 0 Å². The number of nitrogens with zero attached hydrogens (tertiary/aromatic N) is 2. The molecule has 1 aromatic carbocycles. The fourth-order valence-corrected chi connectivity index (χ4v) is 3.95. The second-order valence-corrected chi connectivity index (χ2v) is 7.44. The number of benzene rings is 1. The molecule has 0 unspecified atom stereocenters. The molecule has 1 aromatic heterocycles. The van der Waals surface area contributed by atoms with Gasteiger partial charge in [0, 0.05) is 23.3 Å². The highest BCUT2D eigenvalue weighted by Gasteiger charge is 2.38. The van der Waals surface area contributed by atoms with Gasteiger partial charge < -0.3 is 5.32 Å². The highest BCUT2D eigenvalue weighted by atomic mass is 32.2. The van der Waals surface area contributed by atoms with Crippen LogP contribution >= 0.6 is 11.8 Å². The largest absolute Gasteiger partial charge is 0.354 e. The third kappa shape index (κ3) is 3.96. The summed E-state index contributed by atoms with van der Waals surface area (Å²) < 4.78 is 0. The standard InChI is InChI=1S/C19H23N3OS/c1-14-11-15(2)22-18(21-14)24-12-17(23)20-13-19(9-6-10-19)16-7-4-3-5-8-16/h3-5,7-8,11H,6,9-10,12-13H2,1-2H3,(H,20,23). The van der Waals surface area contributed by atoms with E-state index in [1.807, 2.05) is 26.0 Å². The molecule has 24 heavy (non-hydrogen) atoms. The fraction of sp³-hybridized carbons (Fsp3) is 0.421. The number of amides is 1. The van der Waals surface area contributed by atoms with Gasteiger partial charge >= 0.3 is 0 Å². The summed E-state index contributed by atoms with van der Waals surface area (Å²) in [6.45, 7) is 4.60. The monoisotopic (exact) mass is 341 g/mol. The van der Waals surface area contributed by atoms with E-state index in [1.54, 1.807) is 0 Å². The van der Waals surface area contributed by atoms with Crippen LogP contribution in [-0.4, -0.2) is 28.2 Å². The lowest BCUT2D eigenvalue weighted by molar-refractivity contribution is -0.119. The zero-order valence-corrected chi connectivity index (χ0v) is 15.0. The number of aromatic nitrogens is 2. The third-order valence-electron chi connectivity index (χ3n) is 4.61. The van der Waals surface area contributed by atoms with Gasteiger partial charge in [0.15, 0.2) is 5.16 Å². The normalized spacial score (nSPS) is 15.6. The lowest BCUT2D eigenvalue weighted by Crippen LogP contribution is -2.46. The predicted molar refractivity (Wildman–Crippen MR) is 97.2 cm³/mol. The summed E-state index contributed by atoms with van der Waals surface area (Å²) in [7, 11) is 0. The number of thioether (sulfide) groups is 1. The minimum atomic E-state index is 0.0463. The van der Waals surface area contributed by atoms with Gasteiger partial charge in [-0.25, -0.2) is 9.97 Å². The molecular formula is C19H23N3OS. The summed E-state index contributed by atoms with van der Waals surface area (Å²) in [5.74, 6) is 0.401. The maximum atomic E-state index is 12.2. The summed E-state index contributed by atoms with van der Waals surface area (Å²) >= 11 is 1.39. The van der Waals surface area contributed by atoms with Crippen LogP contribution in [-0.2, 0) is 10.2 Å². The van der Waals surface area contributed by atoms with Crippen LogP contribution < -0.4 is 5.32 Å². The lowest BCUT2D eigenvalue weighted by atomic mass is 9.64. The van der Waals surface area contributed by atoms with Crippen molar-refractivity contribution in [3.05, 3.63) is 53.3 Å². The Morgan fingerprint density at radius 2 is 1.83 bits per heavy atom. The zero-order valence-electron chi connectivity index (χ0n) is 14.2. The van der Waals surface area contributed by atoms with Gasteiger partial charge in [-0.05, 0) is 38.3 Å². The van der Waals surface area contributed by atoms with Crippen molar-refractivity contribution < 1.29 is 4.79 Å². The minimum absolute atomic E-state index is 0.0463. The molecule has 1 heterocycles. The van der Waals surface area contributed by atoms with Crippen LogP contribution in [0.4, 0.5) is 0 Å². The molecule has 1 aliphatic rings. The van der Waals surface area contributed by atoms with E-state index in [0.717, 1.165) is 24.2 Å². The zero-order chi connectivity index (χ0) is 17.0. The van der Waals surface area contributed by atoms with Crippen LogP contribution in [0.15, 0.2) is 41.6 Å². The molecule has 1 amide bonds. The number of aryl methyl sites for hydroxylation is 2. The number of hydrogen-bond donors (Lipinski definition) is 1. The molecule has 5 heteroatoms. The second kappa shape index (κ2) is 7.34. The first-order valence-corrected chi connectivity index (χ1v) is 9.33. The second-order valence-electron chi connectivity index (χ2n) is 6.50. The van der Waals surface area contributed by atoms with E-state index in [1.165, 1.54) is 23.7 Å². The van der Waals surface area contributed by atoms with Gasteiger partial charge in [-0.15, -0.1) is 0 Å². The molecule has 1 N–H and O–H groups in total. The molecule has 1 aliphatic carbocycles. The Labute approximate surface area is 147 Å². The molecule has 4 nitrogen and oxygen atoms in total. The van der Waals surface area contributed by atoms with Crippen molar-refractivity contribution in [2.75, 3.05) is 12.3 Å². The predicted octanol–water partition coefficient (Wildman–Crippen LogP) is 3.42. The van der Waals surface area contributed by atoms with Gasteiger partial charge in [-0.2, -0.15) is 0 Å². The van der Waals surface area contributed by atoms with Crippen molar-refractivity contribution in [3.63, 3.8) is 0 Å². The van der Waals surface area contributed by atoms with Crippen molar-refractivity contribution in [1.29, 1.82) is 0 Å². The molecule has 0 spiro atoms. The van der Waals surface area contributed by atoms with E-state index >= 15 is 0 Å². The van der Waals surface area contributed by atoms with Gasteiger partial charge in [0.2, 0.25) is 5.91 Å². The van der Waals surface area contributed by atoms with Gasteiger partial charge in [0.1, 0.15) is 0 Å². The summed E-state index contributed by atoms with van der Waals surface area (Å²) in [5.41, 5.74) is 3.32. The van der Waals surface area contributed by atoms with Crippen LogP contribution in [0.25, 0.3) is 0 Å². The summed E-state index contributed by atoms with van der Waals surface area (Å²) in [6, 6.07) is 12.5. The average Bonchev–Trinajstić information content (AvgIpc) is 2.52. The van der Waals surface area contributed by atoms with Crippen LogP contribution in [0.1, 0.15) is 36.2 Å². The number of carbonyl (C=O) groups is 1. The van der Waals surface area contributed by atoms with Crippen LogP contribution in [0.3, 0.4) is 0 Å². The summed E-state index contributed by atoms with van der Waals surface area (Å²) in [4.78, 5) is 20.9. The molecule has 1 fully saturated rings. The molecule has 0 bridgehead atoms. The smallest absolute Gasteiger partial charge is 0.230 e. The Hall–Kier alpha value is -1.88. The summed E-state index contributed by atoms with van der Waals surface area (Å²) in [6.07, 6.45) is 3.52. The first-order chi connectivity index (χ1) is 11.6. The molecule has 1 saturated carbocycles. The maximum absolute atomic E-state index is 12.2. The van der Waals surface area contributed by atoms with Crippen molar-refractivity contribution in [1.82, 2.24) is 15.3 Å². The van der Waals surface area contributed by atoms with Crippen LogP contribution in [0.5, 0.6) is 0 Å². The molecule has 2 aromatic rings. The Morgan fingerprint density at radius 3 is 2.42 bits per heavy atom. The topological polar surface area (TPSA) is 54.9 Å². The molecule has 0 saturated heterocycles.